The number of anilines is 1. The standard InChI is InChI=1S/C17H21N3O2S2/c1-3-13-4-8-15(9-5-13)20-17(23)19-12(2)14-6-10-16(11-7-14)24(18,21)22/h4-12H,3H2,1-2H3,(H2,18,21,22)(H2,19,20,23)/t12-/m1/s1. The summed E-state index contributed by atoms with van der Waals surface area (Å²) in [5, 5.41) is 11.9. The SMILES string of the molecule is CCc1ccc(NC(=S)N[C@H](C)c2ccc(S(N)(=O)=O)cc2)cc1. The Morgan fingerprint density at radius 1 is 1.12 bits per heavy atom. The molecule has 0 spiro atoms. The average Bonchev–Trinajstić information content (AvgIpc) is 2.54. The largest absolute Gasteiger partial charge is 0.356 e. The lowest BCUT2D eigenvalue weighted by Crippen LogP contribution is -2.30. The van der Waals surface area contributed by atoms with Crippen LogP contribution in [0.25, 0.3) is 0 Å². The lowest BCUT2D eigenvalue weighted by molar-refractivity contribution is 0.597. The van der Waals surface area contributed by atoms with Crippen molar-refractivity contribution in [3.05, 3.63) is 59.7 Å². The van der Waals surface area contributed by atoms with E-state index in [0.29, 0.717) is 5.11 Å². The van der Waals surface area contributed by atoms with E-state index in [1.165, 1.54) is 17.7 Å². The predicted molar refractivity (Wildman–Crippen MR) is 101 cm³/mol. The summed E-state index contributed by atoms with van der Waals surface area (Å²) >= 11 is 5.32. The fourth-order valence-corrected chi connectivity index (χ4v) is 3.03. The Labute approximate surface area is 148 Å². The molecule has 0 radical (unpaired) electrons. The third kappa shape index (κ3) is 5.02. The second-order valence-electron chi connectivity index (χ2n) is 5.48. The second-order valence-corrected chi connectivity index (χ2v) is 7.45. The van der Waals surface area contributed by atoms with Crippen LogP contribution in [0.4, 0.5) is 5.69 Å². The summed E-state index contributed by atoms with van der Waals surface area (Å²) in [5.74, 6) is 0. The molecule has 0 saturated heterocycles. The van der Waals surface area contributed by atoms with Crippen molar-refractivity contribution >= 4 is 33.0 Å². The van der Waals surface area contributed by atoms with Crippen molar-refractivity contribution in [3.8, 4) is 0 Å². The zero-order chi connectivity index (χ0) is 17.7. The topological polar surface area (TPSA) is 84.2 Å². The van der Waals surface area contributed by atoms with Gasteiger partial charge in [0.15, 0.2) is 5.11 Å². The number of rotatable bonds is 5. The Morgan fingerprint density at radius 2 is 1.71 bits per heavy atom. The summed E-state index contributed by atoms with van der Waals surface area (Å²) in [6, 6.07) is 14.4. The Balaban J connectivity index is 1.97. The Morgan fingerprint density at radius 3 is 2.21 bits per heavy atom. The Kier molecular flexibility index (Phi) is 5.93. The van der Waals surface area contributed by atoms with Crippen LogP contribution in [0.1, 0.15) is 31.0 Å². The Bertz CT molecular complexity index is 801. The first-order chi connectivity index (χ1) is 11.3. The van der Waals surface area contributed by atoms with Crippen molar-refractivity contribution in [2.45, 2.75) is 31.2 Å². The van der Waals surface area contributed by atoms with E-state index in [4.69, 9.17) is 17.4 Å². The molecular formula is C17H21N3O2S2. The predicted octanol–water partition coefficient (Wildman–Crippen LogP) is 2.94. The van der Waals surface area contributed by atoms with Crippen LogP contribution < -0.4 is 15.8 Å². The van der Waals surface area contributed by atoms with Crippen molar-refractivity contribution in [2.75, 3.05) is 5.32 Å². The number of benzene rings is 2. The molecule has 24 heavy (non-hydrogen) atoms. The third-order valence-electron chi connectivity index (χ3n) is 3.68. The third-order valence-corrected chi connectivity index (χ3v) is 4.83. The molecule has 7 heteroatoms. The first kappa shape index (κ1) is 18.4. The highest BCUT2D eigenvalue weighted by molar-refractivity contribution is 7.89. The van der Waals surface area contributed by atoms with E-state index in [0.717, 1.165) is 17.7 Å². The molecule has 4 N–H and O–H groups in total. The summed E-state index contributed by atoms with van der Waals surface area (Å²) in [7, 11) is -3.67. The maximum absolute atomic E-state index is 11.3. The minimum Gasteiger partial charge on any atom is -0.356 e. The first-order valence-corrected chi connectivity index (χ1v) is 9.54. The van der Waals surface area contributed by atoms with E-state index >= 15 is 0 Å². The van der Waals surface area contributed by atoms with Crippen LogP contribution in [0.15, 0.2) is 53.4 Å². The van der Waals surface area contributed by atoms with E-state index in [2.05, 4.69) is 29.7 Å². The molecule has 0 bridgehead atoms. The highest BCUT2D eigenvalue weighted by Crippen LogP contribution is 2.16. The minimum absolute atomic E-state index is 0.0746. The lowest BCUT2D eigenvalue weighted by atomic mass is 10.1. The molecule has 1 atom stereocenters. The molecule has 2 aromatic rings. The summed E-state index contributed by atoms with van der Waals surface area (Å²) in [6.45, 7) is 4.05. The van der Waals surface area contributed by atoms with Crippen LogP contribution in [0.3, 0.4) is 0 Å². The average molecular weight is 364 g/mol. The molecule has 0 aliphatic rings. The van der Waals surface area contributed by atoms with Gasteiger partial charge < -0.3 is 10.6 Å². The van der Waals surface area contributed by atoms with Crippen LogP contribution in [0, 0.1) is 0 Å². The fourth-order valence-electron chi connectivity index (χ4n) is 2.22. The molecule has 2 rings (SSSR count). The van der Waals surface area contributed by atoms with E-state index < -0.39 is 10.0 Å². The van der Waals surface area contributed by atoms with Crippen molar-refractivity contribution < 1.29 is 8.42 Å². The number of nitrogens with one attached hydrogen (secondary N) is 2. The number of hydrogen-bond acceptors (Lipinski definition) is 3. The van der Waals surface area contributed by atoms with E-state index in [-0.39, 0.29) is 10.9 Å². The van der Waals surface area contributed by atoms with Gasteiger partial charge in [-0.3, -0.25) is 0 Å². The van der Waals surface area contributed by atoms with Gasteiger partial charge in [-0.15, -0.1) is 0 Å². The van der Waals surface area contributed by atoms with Crippen LogP contribution in [0.2, 0.25) is 0 Å². The number of thiocarbonyl (C=S) groups is 1. The molecule has 5 nitrogen and oxygen atoms in total. The summed E-state index contributed by atoms with van der Waals surface area (Å²) in [6.07, 6.45) is 0.995. The van der Waals surface area contributed by atoms with Gasteiger partial charge in [-0.05, 0) is 61.0 Å². The summed E-state index contributed by atoms with van der Waals surface area (Å²) in [4.78, 5) is 0.0927. The molecule has 0 saturated carbocycles. The van der Waals surface area contributed by atoms with Crippen molar-refractivity contribution in [3.63, 3.8) is 0 Å². The maximum atomic E-state index is 11.3. The molecule has 0 aliphatic heterocycles. The van der Waals surface area contributed by atoms with Crippen LogP contribution in [-0.4, -0.2) is 13.5 Å². The number of hydrogen-bond donors (Lipinski definition) is 3. The highest BCUT2D eigenvalue weighted by atomic mass is 32.2. The molecule has 0 aromatic heterocycles. The number of nitrogens with two attached hydrogens (primary N) is 1. The zero-order valence-corrected chi connectivity index (χ0v) is 15.2. The van der Waals surface area contributed by atoms with Gasteiger partial charge in [0.05, 0.1) is 10.9 Å². The van der Waals surface area contributed by atoms with Crippen LogP contribution in [-0.2, 0) is 16.4 Å². The minimum atomic E-state index is -3.67. The van der Waals surface area contributed by atoms with E-state index in [1.807, 2.05) is 19.1 Å². The van der Waals surface area contributed by atoms with Crippen molar-refractivity contribution in [1.29, 1.82) is 0 Å². The van der Waals surface area contributed by atoms with E-state index in [9.17, 15) is 8.42 Å². The van der Waals surface area contributed by atoms with Gasteiger partial charge in [0.2, 0.25) is 10.0 Å². The quantitative estimate of drug-likeness (QED) is 0.711. The molecule has 0 amide bonds. The normalized spacial score (nSPS) is 12.5. The van der Waals surface area contributed by atoms with Gasteiger partial charge >= 0.3 is 0 Å². The molecule has 0 aliphatic carbocycles. The second kappa shape index (κ2) is 7.74. The molecule has 128 valence electrons. The van der Waals surface area contributed by atoms with Gasteiger partial charge in [-0.25, -0.2) is 13.6 Å². The maximum Gasteiger partial charge on any atom is 0.238 e. The zero-order valence-electron chi connectivity index (χ0n) is 13.6. The van der Waals surface area contributed by atoms with E-state index in [1.54, 1.807) is 12.1 Å². The number of primary sulfonamides is 1. The fraction of sp³-hybridized carbons (Fsp3) is 0.235. The van der Waals surface area contributed by atoms with Crippen molar-refractivity contribution in [1.82, 2.24) is 5.32 Å². The van der Waals surface area contributed by atoms with Gasteiger partial charge in [-0.2, -0.15) is 0 Å². The summed E-state index contributed by atoms with van der Waals surface area (Å²) < 4.78 is 22.5. The molecular weight excluding hydrogens is 342 g/mol. The lowest BCUT2D eigenvalue weighted by Gasteiger charge is -2.18. The monoisotopic (exact) mass is 363 g/mol. The number of aryl methyl sites for hydroxylation is 1. The van der Waals surface area contributed by atoms with Gasteiger partial charge in [0, 0.05) is 5.69 Å². The van der Waals surface area contributed by atoms with Gasteiger partial charge in [0.25, 0.3) is 0 Å². The summed E-state index contributed by atoms with van der Waals surface area (Å²) in [5.41, 5.74) is 3.09. The van der Waals surface area contributed by atoms with Gasteiger partial charge in [-0.1, -0.05) is 31.2 Å². The van der Waals surface area contributed by atoms with Crippen LogP contribution in [0.5, 0.6) is 0 Å². The van der Waals surface area contributed by atoms with Gasteiger partial charge in [0.1, 0.15) is 0 Å². The molecule has 0 unspecified atom stereocenters. The Hall–Kier alpha value is -1.96. The molecule has 0 fully saturated rings. The number of sulfonamides is 1. The smallest absolute Gasteiger partial charge is 0.238 e. The molecule has 2 aromatic carbocycles. The highest BCUT2D eigenvalue weighted by Gasteiger charge is 2.11. The molecule has 0 heterocycles. The van der Waals surface area contributed by atoms with Crippen molar-refractivity contribution in [2.24, 2.45) is 5.14 Å². The first-order valence-electron chi connectivity index (χ1n) is 7.59. The van der Waals surface area contributed by atoms with Crippen LogP contribution >= 0.6 is 12.2 Å².